The van der Waals surface area contributed by atoms with Crippen LogP contribution >= 0.6 is 11.6 Å². The number of nitrogens with one attached hydrogen (secondary N) is 3. The van der Waals surface area contributed by atoms with Crippen molar-refractivity contribution < 1.29 is 18.8 Å². The van der Waals surface area contributed by atoms with Crippen LogP contribution in [0, 0.1) is 0 Å². The fraction of sp³-hybridized carbons (Fsp3) is 0.353. The highest BCUT2D eigenvalue weighted by molar-refractivity contribution is 6.30. The minimum atomic E-state index is -0.567. The predicted molar refractivity (Wildman–Crippen MR) is 96.2 cm³/mol. The largest absolute Gasteiger partial charge is 0.383 e. The van der Waals surface area contributed by atoms with Crippen LogP contribution in [0.15, 0.2) is 28.8 Å². The van der Waals surface area contributed by atoms with Crippen molar-refractivity contribution in [3.05, 3.63) is 34.9 Å². The van der Waals surface area contributed by atoms with Crippen molar-refractivity contribution in [1.82, 2.24) is 15.8 Å². The molecule has 3 rings (SSSR count). The van der Waals surface area contributed by atoms with Crippen molar-refractivity contribution in [2.24, 2.45) is 0 Å². The lowest BCUT2D eigenvalue weighted by Crippen LogP contribution is -2.40. The van der Waals surface area contributed by atoms with Crippen molar-refractivity contribution in [3.8, 4) is 11.3 Å². The number of hydrogen-bond acceptors (Lipinski definition) is 6. The molecule has 1 unspecified atom stereocenters. The molecule has 8 nitrogen and oxygen atoms in total. The monoisotopic (exact) mass is 378 g/mol. The van der Waals surface area contributed by atoms with Gasteiger partial charge < -0.3 is 25.2 Å². The van der Waals surface area contributed by atoms with Crippen molar-refractivity contribution in [1.29, 1.82) is 0 Å². The number of nitrogens with zero attached hydrogens (tertiary/aromatic N) is 1. The van der Waals surface area contributed by atoms with E-state index in [1.54, 1.807) is 31.4 Å². The van der Waals surface area contributed by atoms with E-state index in [0.717, 1.165) is 0 Å². The van der Waals surface area contributed by atoms with Crippen molar-refractivity contribution >= 4 is 29.2 Å². The maximum atomic E-state index is 12.8. The average Bonchev–Trinajstić information content (AvgIpc) is 3.22. The minimum absolute atomic E-state index is 0.197. The van der Waals surface area contributed by atoms with Crippen LogP contribution in [0.1, 0.15) is 16.8 Å². The Morgan fingerprint density at radius 1 is 1.42 bits per heavy atom. The van der Waals surface area contributed by atoms with Crippen LogP contribution in [0.25, 0.3) is 11.3 Å². The van der Waals surface area contributed by atoms with Gasteiger partial charge >= 0.3 is 0 Å². The average molecular weight is 379 g/mol. The highest BCUT2D eigenvalue weighted by Crippen LogP contribution is 2.30. The number of carbonyl (C=O) groups is 2. The van der Waals surface area contributed by atoms with Gasteiger partial charge in [-0.15, -0.1) is 0 Å². The van der Waals surface area contributed by atoms with Gasteiger partial charge in [-0.3, -0.25) is 9.59 Å². The lowest BCUT2D eigenvalue weighted by molar-refractivity contribution is -0.120. The second-order valence-electron chi connectivity index (χ2n) is 5.77. The topological polar surface area (TPSA) is 105 Å². The summed E-state index contributed by atoms with van der Waals surface area (Å²) in [6, 6.07) is 6.30. The Morgan fingerprint density at radius 3 is 2.85 bits per heavy atom. The summed E-state index contributed by atoms with van der Waals surface area (Å²) in [6.07, 6.45) is 0.540. The summed E-state index contributed by atoms with van der Waals surface area (Å²) in [5, 5.41) is 13.0. The number of amides is 2. The molecule has 1 atom stereocenters. The molecule has 0 radical (unpaired) electrons. The van der Waals surface area contributed by atoms with Gasteiger partial charge in [0.2, 0.25) is 5.91 Å². The third kappa shape index (κ3) is 3.97. The number of benzene rings is 1. The first kappa shape index (κ1) is 18.2. The van der Waals surface area contributed by atoms with E-state index < -0.39 is 11.9 Å². The molecule has 0 bridgehead atoms. The number of aromatic nitrogens is 1. The molecule has 1 aliphatic heterocycles. The molecule has 9 heteroatoms. The molecule has 26 heavy (non-hydrogen) atoms. The smallest absolute Gasteiger partial charge is 0.259 e. The van der Waals surface area contributed by atoms with Gasteiger partial charge in [-0.05, 0) is 30.7 Å². The molecule has 2 heterocycles. The SMILES string of the molecule is COCCNc1noc(-c2ccc(Cl)cc2)c1C(=O)NC1CCNC1=O. The number of carbonyl (C=O) groups excluding carboxylic acids is 2. The fourth-order valence-corrected chi connectivity index (χ4v) is 2.78. The van der Waals surface area contributed by atoms with Gasteiger partial charge in [-0.25, -0.2) is 0 Å². The quantitative estimate of drug-likeness (QED) is 0.633. The first-order valence-corrected chi connectivity index (χ1v) is 8.55. The van der Waals surface area contributed by atoms with E-state index >= 15 is 0 Å². The van der Waals surface area contributed by atoms with Crippen LogP contribution in [-0.4, -0.2) is 49.8 Å². The van der Waals surface area contributed by atoms with E-state index in [1.807, 2.05) is 0 Å². The van der Waals surface area contributed by atoms with Gasteiger partial charge in [0.1, 0.15) is 11.6 Å². The van der Waals surface area contributed by atoms with Crippen molar-refractivity contribution in [2.75, 3.05) is 32.1 Å². The summed E-state index contributed by atoms with van der Waals surface area (Å²) >= 11 is 5.92. The fourth-order valence-electron chi connectivity index (χ4n) is 2.65. The first-order valence-electron chi connectivity index (χ1n) is 8.17. The highest BCUT2D eigenvalue weighted by Gasteiger charge is 2.30. The Balaban J connectivity index is 1.90. The predicted octanol–water partition coefficient (Wildman–Crippen LogP) is 1.67. The molecular formula is C17H19ClN4O4. The Labute approximate surface area is 155 Å². The van der Waals surface area contributed by atoms with E-state index in [9.17, 15) is 9.59 Å². The molecule has 3 N–H and O–H groups in total. The molecule has 1 aliphatic rings. The molecule has 0 aliphatic carbocycles. The van der Waals surface area contributed by atoms with E-state index in [-0.39, 0.29) is 11.5 Å². The number of hydrogen-bond donors (Lipinski definition) is 3. The first-order chi connectivity index (χ1) is 12.6. The van der Waals surface area contributed by atoms with Gasteiger partial charge in [-0.2, -0.15) is 0 Å². The number of rotatable bonds is 7. The maximum Gasteiger partial charge on any atom is 0.259 e. The van der Waals surface area contributed by atoms with E-state index in [0.29, 0.717) is 48.3 Å². The summed E-state index contributed by atoms with van der Waals surface area (Å²) in [5.41, 5.74) is 0.894. The van der Waals surface area contributed by atoms with Crippen LogP contribution in [-0.2, 0) is 9.53 Å². The summed E-state index contributed by atoms with van der Waals surface area (Å²) < 4.78 is 10.4. The second kappa shape index (κ2) is 8.20. The van der Waals surface area contributed by atoms with Gasteiger partial charge in [0.25, 0.3) is 5.91 Å². The number of halogens is 1. The molecule has 1 fully saturated rings. The molecule has 0 spiro atoms. The van der Waals surface area contributed by atoms with Crippen LogP contribution in [0.5, 0.6) is 0 Å². The second-order valence-corrected chi connectivity index (χ2v) is 6.20. The summed E-state index contributed by atoms with van der Waals surface area (Å²) in [5.74, 6) is -0.0321. The molecule has 1 aromatic carbocycles. The number of anilines is 1. The van der Waals surface area contributed by atoms with Gasteiger partial charge in [-0.1, -0.05) is 16.8 Å². The molecular weight excluding hydrogens is 360 g/mol. The van der Waals surface area contributed by atoms with Crippen molar-refractivity contribution in [3.63, 3.8) is 0 Å². The van der Waals surface area contributed by atoms with Crippen LogP contribution in [0.2, 0.25) is 5.02 Å². The summed E-state index contributed by atoms with van der Waals surface area (Å²) in [7, 11) is 1.58. The Kier molecular flexibility index (Phi) is 5.75. The molecule has 1 saturated heterocycles. The van der Waals surface area contributed by atoms with Crippen LogP contribution < -0.4 is 16.0 Å². The molecule has 138 valence electrons. The zero-order valence-electron chi connectivity index (χ0n) is 14.2. The standard InChI is InChI=1S/C17H19ClN4O4/c1-25-9-8-19-15-13(17(24)21-12-6-7-20-16(12)23)14(26-22-15)10-2-4-11(18)5-3-10/h2-5,12H,6-9H2,1H3,(H,19,22)(H,20,23)(H,21,24). The molecule has 1 aromatic heterocycles. The molecule has 2 amide bonds. The number of ether oxygens (including phenoxy) is 1. The minimum Gasteiger partial charge on any atom is -0.383 e. The van der Waals surface area contributed by atoms with Gasteiger partial charge in [0, 0.05) is 30.8 Å². The molecule has 0 saturated carbocycles. The third-order valence-electron chi connectivity index (χ3n) is 3.98. The zero-order chi connectivity index (χ0) is 18.5. The van der Waals surface area contributed by atoms with E-state index in [4.69, 9.17) is 20.9 Å². The summed E-state index contributed by atoms with van der Waals surface area (Å²) in [4.78, 5) is 24.6. The van der Waals surface area contributed by atoms with Gasteiger partial charge in [0.05, 0.1) is 6.61 Å². The Bertz CT molecular complexity index is 791. The van der Waals surface area contributed by atoms with Crippen LogP contribution in [0.3, 0.4) is 0 Å². The Hall–Kier alpha value is -2.58. The highest BCUT2D eigenvalue weighted by atomic mass is 35.5. The normalized spacial score (nSPS) is 16.4. The van der Waals surface area contributed by atoms with Gasteiger partial charge in [0.15, 0.2) is 11.6 Å². The zero-order valence-corrected chi connectivity index (χ0v) is 14.9. The van der Waals surface area contributed by atoms with Crippen LogP contribution in [0.4, 0.5) is 5.82 Å². The third-order valence-corrected chi connectivity index (χ3v) is 4.23. The lowest BCUT2D eigenvalue weighted by atomic mass is 10.1. The van der Waals surface area contributed by atoms with Crippen molar-refractivity contribution in [2.45, 2.75) is 12.5 Å². The Morgan fingerprint density at radius 2 is 2.19 bits per heavy atom. The summed E-state index contributed by atoms with van der Waals surface area (Å²) in [6.45, 7) is 1.43. The number of methoxy groups -OCH3 is 1. The van der Waals surface area contributed by atoms with E-state index in [2.05, 4.69) is 21.1 Å². The lowest BCUT2D eigenvalue weighted by Gasteiger charge is -2.11. The maximum absolute atomic E-state index is 12.8. The molecule has 2 aromatic rings. The van der Waals surface area contributed by atoms with E-state index in [1.165, 1.54) is 0 Å².